The maximum Gasteiger partial charge on any atom is 0.172 e. The van der Waals surface area contributed by atoms with Crippen LogP contribution in [0.4, 0.5) is 5.69 Å². The van der Waals surface area contributed by atoms with Crippen LogP contribution < -0.4 is 14.8 Å². The van der Waals surface area contributed by atoms with Gasteiger partial charge in [0, 0.05) is 22.4 Å². The number of phenolic OH excluding ortho intramolecular Hbond substituents is 1. The van der Waals surface area contributed by atoms with Crippen LogP contribution in [0.1, 0.15) is 48.6 Å². The zero-order valence-electron chi connectivity index (χ0n) is 20.0. The minimum Gasteiger partial charge on any atom is -0.504 e. The van der Waals surface area contributed by atoms with Crippen LogP contribution in [-0.4, -0.2) is 17.8 Å². The summed E-state index contributed by atoms with van der Waals surface area (Å²) >= 11 is 0. The minimum absolute atomic E-state index is 0.0942. The molecule has 3 aromatic carbocycles. The van der Waals surface area contributed by atoms with Crippen molar-refractivity contribution in [1.29, 1.82) is 0 Å². The molecule has 0 saturated carbocycles. The molecule has 3 aromatic rings. The molecule has 0 amide bonds. The van der Waals surface area contributed by atoms with Crippen LogP contribution in [-0.2, 0) is 0 Å². The van der Waals surface area contributed by atoms with Crippen molar-refractivity contribution in [2.24, 2.45) is 0 Å². The van der Waals surface area contributed by atoms with Gasteiger partial charge in [0.05, 0.1) is 18.2 Å². The molecule has 0 bridgehead atoms. The Labute approximate surface area is 195 Å². The zero-order chi connectivity index (χ0) is 23.5. The number of rotatable bonds is 2. The van der Waals surface area contributed by atoms with Crippen LogP contribution in [0.2, 0.25) is 0 Å². The molecule has 5 rings (SSSR count). The number of benzene rings is 3. The molecular weight excluding hydrogens is 410 g/mol. The minimum atomic E-state index is -0.147. The van der Waals surface area contributed by atoms with E-state index < -0.39 is 0 Å². The number of phenols is 1. The molecule has 4 nitrogen and oxygen atoms in total. The Balaban J connectivity index is 1.84. The van der Waals surface area contributed by atoms with Gasteiger partial charge in [-0.05, 0) is 70.0 Å². The van der Waals surface area contributed by atoms with Crippen LogP contribution in [0.25, 0.3) is 28.5 Å². The summed E-state index contributed by atoms with van der Waals surface area (Å²) in [6.45, 7) is 10.7. The number of aryl methyl sites for hydroxylation is 2. The fraction of sp³-hybridized carbons (Fsp3) is 0.241. The van der Waals surface area contributed by atoms with Crippen molar-refractivity contribution >= 4 is 23.1 Å². The third-order valence-electron chi connectivity index (χ3n) is 6.21. The third-order valence-corrected chi connectivity index (χ3v) is 6.21. The van der Waals surface area contributed by atoms with Crippen molar-refractivity contribution in [3.63, 3.8) is 0 Å². The number of fused-ring (bicyclic) bond motifs is 5. The SMILES string of the molecule is COc1c(O)ccc2c1-c1ccc3c(c1C(=Cc1cc(C)cc(C)c1)O2)C(C)=CC(C)(C)N3. The maximum atomic E-state index is 10.5. The first kappa shape index (κ1) is 21.2. The molecule has 33 heavy (non-hydrogen) atoms. The Hall–Kier alpha value is -3.66. The maximum absolute atomic E-state index is 10.5. The van der Waals surface area contributed by atoms with Crippen molar-refractivity contribution in [2.45, 2.75) is 40.2 Å². The number of methoxy groups -OCH3 is 1. The molecule has 2 N–H and O–H groups in total. The standard InChI is InChI=1S/C29H29NO3/c1-16-11-17(2)13-19(12-16)14-24-26-20(27-23(33-24)10-9-22(31)28(27)32-6)7-8-21-25(26)18(3)15-29(4,5)30-21/h7-15,30-31H,1-6H3. The van der Waals surface area contributed by atoms with Crippen molar-refractivity contribution in [3.05, 3.63) is 76.4 Å². The summed E-state index contributed by atoms with van der Waals surface area (Å²) in [6, 6.07) is 14.1. The van der Waals surface area contributed by atoms with E-state index in [9.17, 15) is 5.11 Å². The van der Waals surface area contributed by atoms with Crippen molar-refractivity contribution in [3.8, 4) is 28.4 Å². The van der Waals surface area contributed by atoms with E-state index in [4.69, 9.17) is 9.47 Å². The zero-order valence-corrected chi connectivity index (χ0v) is 20.0. The predicted molar refractivity (Wildman–Crippen MR) is 136 cm³/mol. The Kier molecular flexibility index (Phi) is 4.78. The van der Waals surface area contributed by atoms with Gasteiger partial charge in [-0.25, -0.2) is 0 Å². The Morgan fingerprint density at radius 1 is 0.939 bits per heavy atom. The lowest BCUT2D eigenvalue weighted by atomic mass is 9.82. The van der Waals surface area contributed by atoms with Gasteiger partial charge in [0.2, 0.25) is 0 Å². The van der Waals surface area contributed by atoms with E-state index in [1.165, 1.54) is 16.7 Å². The number of hydrogen-bond acceptors (Lipinski definition) is 4. The van der Waals surface area contributed by atoms with E-state index >= 15 is 0 Å². The van der Waals surface area contributed by atoms with E-state index in [-0.39, 0.29) is 11.3 Å². The van der Waals surface area contributed by atoms with Gasteiger partial charge in [-0.3, -0.25) is 0 Å². The van der Waals surface area contributed by atoms with Crippen LogP contribution in [0.5, 0.6) is 17.2 Å². The molecule has 4 heteroatoms. The number of nitrogens with one attached hydrogen (secondary N) is 1. The lowest BCUT2D eigenvalue weighted by Crippen LogP contribution is -2.32. The van der Waals surface area contributed by atoms with Crippen molar-refractivity contribution < 1.29 is 14.6 Å². The number of ether oxygens (including phenoxy) is 2. The molecule has 0 fully saturated rings. The van der Waals surface area contributed by atoms with E-state index in [1.807, 2.05) is 0 Å². The highest BCUT2D eigenvalue weighted by molar-refractivity contribution is 6.02. The molecule has 0 spiro atoms. The van der Waals surface area contributed by atoms with Gasteiger partial charge >= 0.3 is 0 Å². The Bertz CT molecular complexity index is 1340. The number of hydrogen-bond donors (Lipinski definition) is 2. The van der Waals surface area contributed by atoms with E-state index in [0.29, 0.717) is 11.5 Å². The van der Waals surface area contributed by atoms with Crippen molar-refractivity contribution in [1.82, 2.24) is 0 Å². The molecule has 2 heterocycles. The second kappa shape index (κ2) is 7.45. The van der Waals surface area contributed by atoms with Crippen molar-refractivity contribution in [2.75, 3.05) is 12.4 Å². The van der Waals surface area contributed by atoms with Gasteiger partial charge in [0.25, 0.3) is 0 Å². The molecule has 0 atom stereocenters. The summed E-state index contributed by atoms with van der Waals surface area (Å²) in [5.41, 5.74) is 9.47. The summed E-state index contributed by atoms with van der Waals surface area (Å²) in [7, 11) is 1.57. The van der Waals surface area contributed by atoms with Gasteiger partial charge in [0.15, 0.2) is 11.5 Å². The molecular formula is C29H29NO3. The van der Waals surface area contributed by atoms with Gasteiger partial charge in [-0.1, -0.05) is 41.5 Å². The largest absolute Gasteiger partial charge is 0.504 e. The molecule has 0 aromatic heterocycles. The van der Waals surface area contributed by atoms with Gasteiger partial charge in [0.1, 0.15) is 11.5 Å². The summed E-state index contributed by atoms with van der Waals surface area (Å²) in [6.07, 6.45) is 4.35. The smallest absolute Gasteiger partial charge is 0.172 e. The third kappa shape index (κ3) is 3.56. The number of anilines is 1. The fourth-order valence-corrected chi connectivity index (χ4v) is 5.19. The normalized spacial score (nSPS) is 16.7. The first-order valence-corrected chi connectivity index (χ1v) is 11.2. The average molecular weight is 440 g/mol. The molecule has 168 valence electrons. The summed E-state index contributed by atoms with van der Waals surface area (Å²) in [5, 5.41) is 14.1. The summed E-state index contributed by atoms with van der Waals surface area (Å²) in [5.74, 6) is 1.96. The predicted octanol–water partition coefficient (Wildman–Crippen LogP) is 7.18. The topological polar surface area (TPSA) is 50.7 Å². The highest BCUT2D eigenvalue weighted by atomic mass is 16.5. The molecule has 0 saturated heterocycles. The molecule has 0 radical (unpaired) electrons. The lowest BCUT2D eigenvalue weighted by molar-refractivity contribution is 0.371. The molecule has 0 aliphatic carbocycles. The second-order valence-corrected chi connectivity index (χ2v) is 9.61. The van der Waals surface area contributed by atoms with Crippen LogP contribution in [0, 0.1) is 13.8 Å². The Morgan fingerprint density at radius 2 is 1.67 bits per heavy atom. The first-order chi connectivity index (χ1) is 15.7. The van der Waals surface area contributed by atoms with E-state index in [2.05, 4.69) is 82.4 Å². The Morgan fingerprint density at radius 3 is 2.36 bits per heavy atom. The second-order valence-electron chi connectivity index (χ2n) is 9.61. The van der Waals surface area contributed by atoms with Gasteiger partial charge in [-0.2, -0.15) is 0 Å². The highest BCUT2D eigenvalue weighted by Crippen LogP contribution is 2.54. The van der Waals surface area contributed by atoms with Crippen LogP contribution in [0.15, 0.2) is 48.5 Å². The molecule has 2 aliphatic rings. The number of aromatic hydroxyl groups is 1. The molecule has 0 unspecified atom stereocenters. The van der Waals surface area contributed by atoms with E-state index in [1.54, 1.807) is 19.2 Å². The molecule has 2 aliphatic heterocycles. The van der Waals surface area contributed by atoms with Crippen LogP contribution >= 0.6 is 0 Å². The average Bonchev–Trinajstić information content (AvgIpc) is 2.72. The van der Waals surface area contributed by atoms with Gasteiger partial charge < -0.3 is 19.9 Å². The van der Waals surface area contributed by atoms with Gasteiger partial charge in [-0.15, -0.1) is 0 Å². The lowest BCUT2D eigenvalue weighted by Gasteiger charge is -2.35. The first-order valence-electron chi connectivity index (χ1n) is 11.2. The van der Waals surface area contributed by atoms with E-state index in [0.717, 1.165) is 39.3 Å². The highest BCUT2D eigenvalue weighted by Gasteiger charge is 2.33. The quantitative estimate of drug-likeness (QED) is 0.444. The number of allylic oxidation sites excluding steroid dienone is 1. The summed E-state index contributed by atoms with van der Waals surface area (Å²) < 4.78 is 12.1. The van der Waals surface area contributed by atoms with Crippen LogP contribution in [0.3, 0.4) is 0 Å². The summed E-state index contributed by atoms with van der Waals surface area (Å²) in [4.78, 5) is 0. The monoisotopic (exact) mass is 439 g/mol. The fourth-order valence-electron chi connectivity index (χ4n) is 5.19.